The van der Waals surface area contributed by atoms with Crippen molar-refractivity contribution in [2.45, 2.75) is 90.0 Å². The summed E-state index contributed by atoms with van der Waals surface area (Å²) in [5, 5.41) is 0. The molecule has 0 aliphatic heterocycles. The Labute approximate surface area is 153 Å². The predicted molar refractivity (Wildman–Crippen MR) is 92.6 cm³/mol. The quantitative estimate of drug-likeness (QED) is 0.291. The molecule has 3 N–H and O–H groups in total. The molecule has 0 bridgehead atoms. The van der Waals surface area contributed by atoms with E-state index in [1.165, 1.54) is 51.4 Å². The van der Waals surface area contributed by atoms with Gasteiger partial charge in [0.15, 0.2) is 0 Å². The molecule has 0 amide bonds. The van der Waals surface area contributed by atoms with Gasteiger partial charge in [0, 0.05) is 6.04 Å². The zero-order chi connectivity index (χ0) is 15.3. The van der Waals surface area contributed by atoms with Crippen molar-refractivity contribution in [2.24, 2.45) is 5.73 Å². The first-order valence-corrected chi connectivity index (χ1v) is 9.77. The second-order valence-electron chi connectivity index (χ2n) is 5.81. The van der Waals surface area contributed by atoms with E-state index in [2.05, 4.69) is 6.92 Å². The summed E-state index contributed by atoms with van der Waals surface area (Å²) in [7, 11) is -3.82. The van der Waals surface area contributed by atoms with Crippen molar-refractivity contribution >= 4 is 39.7 Å². The Morgan fingerprint density at radius 3 is 1.76 bits per heavy atom. The summed E-state index contributed by atoms with van der Waals surface area (Å²) in [6.45, 7) is 2.24. The van der Waals surface area contributed by atoms with Crippen molar-refractivity contribution in [3.63, 3.8) is 0 Å². The first-order chi connectivity index (χ1) is 9.45. The Balaban J connectivity index is 0. The molecule has 0 fully saturated rings. The van der Waals surface area contributed by atoms with Crippen LogP contribution in [0.4, 0.5) is 0 Å². The van der Waals surface area contributed by atoms with Crippen LogP contribution in [0.2, 0.25) is 0 Å². The number of hydrogen-bond acceptors (Lipinski definition) is 3. The Hall–Kier alpha value is 0.870. The van der Waals surface area contributed by atoms with Gasteiger partial charge in [0.25, 0.3) is 10.1 Å². The van der Waals surface area contributed by atoms with Gasteiger partial charge in [-0.05, 0) is 19.3 Å². The van der Waals surface area contributed by atoms with E-state index in [9.17, 15) is 8.42 Å². The maximum absolute atomic E-state index is 10.6. The molecule has 0 aromatic carbocycles. The fourth-order valence-corrected chi connectivity index (χ4v) is 2.92. The normalized spacial score (nSPS) is 12.9. The van der Waals surface area contributed by atoms with Crippen LogP contribution in [0.5, 0.6) is 0 Å². The van der Waals surface area contributed by atoms with Gasteiger partial charge in [-0.2, -0.15) is 8.42 Å². The molecule has 1 atom stereocenters. The molecular formula is C15H34NNaO3S. The molecule has 0 aromatic heterocycles. The van der Waals surface area contributed by atoms with E-state index in [1.54, 1.807) is 0 Å². The van der Waals surface area contributed by atoms with Crippen LogP contribution in [0, 0.1) is 0 Å². The Morgan fingerprint density at radius 2 is 1.29 bits per heavy atom. The standard InChI is InChI=1S/C15H33NO3S.Na.H/c1-2-3-4-5-6-7-8-9-10-12-15(16)13-11-14-20(17,18)19;;/h15H,2-14,16H2,1H3,(H,17,18,19);;. The van der Waals surface area contributed by atoms with Gasteiger partial charge in [0.2, 0.25) is 0 Å². The minimum atomic E-state index is -3.82. The van der Waals surface area contributed by atoms with Gasteiger partial charge in [-0.15, -0.1) is 0 Å². The summed E-state index contributed by atoms with van der Waals surface area (Å²) in [5.41, 5.74) is 5.92. The van der Waals surface area contributed by atoms with E-state index < -0.39 is 10.1 Å². The third-order valence-corrected chi connectivity index (χ3v) is 4.46. The van der Waals surface area contributed by atoms with Gasteiger partial charge in [0.05, 0.1) is 5.75 Å². The molecule has 0 saturated carbocycles. The molecule has 0 saturated heterocycles. The molecule has 21 heavy (non-hydrogen) atoms. The number of hydrogen-bond donors (Lipinski definition) is 2. The molecule has 0 heterocycles. The van der Waals surface area contributed by atoms with E-state index in [0.717, 1.165) is 12.8 Å². The molecule has 0 aromatic rings. The second kappa shape index (κ2) is 15.8. The van der Waals surface area contributed by atoms with Gasteiger partial charge >= 0.3 is 29.6 Å². The molecule has 0 radical (unpaired) electrons. The van der Waals surface area contributed by atoms with Crippen molar-refractivity contribution in [2.75, 3.05) is 5.75 Å². The molecule has 0 rings (SSSR count). The fourth-order valence-electron chi connectivity index (χ4n) is 2.39. The third kappa shape index (κ3) is 20.9. The Morgan fingerprint density at radius 1 is 0.857 bits per heavy atom. The minimum absolute atomic E-state index is 0. The van der Waals surface area contributed by atoms with Crippen LogP contribution < -0.4 is 5.73 Å². The van der Waals surface area contributed by atoms with Gasteiger partial charge in [-0.3, -0.25) is 4.55 Å². The van der Waals surface area contributed by atoms with Crippen LogP contribution in [0.1, 0.15) is 84.0 Å². The average Bonchev–Trinajstić information content (AvgIpc) is 2.35. The van der Waals surface area contributed by atoms with Gasteiger partial charge in [-0.1, -0.05) is 64.7 Å². The Bertz CT molecular complexity index is 310. The van der Waals surface area contributed by atoms with Crippen LogP contribution in [0.3, 0.4) is 0 Å². The van der Waals surface area contributed by atoms with Gasteiger partial charge in [-0.25, -0.2) is 0 Å². The molecule has 1 unspecified atom stereocenters. The van der Waals surface area contributed by atoms with Crippen LogP contribution in [-0.4, -0.2) is 54.3 Å². The van der Waals surface area contributed by atoms with E-state index in [4.69, 9.17) is 10.3 Å². The summed E-state index contributed by atoms with van der Waals surface area (Å²) in [4.78, 5) is 0. The van der Waals surface area contributed by atoms with Crippen LogP contribution in [-0.2, 0) is 10.1 Å². The molecule has 124 valence electrons. The van der Waals surface area contributed by atoms with E-state index in [-0.39, 0.29) is 41.4 Å². The van der Waals surface area contributed by atoms with Crippen molar-refractivity contribution in [3.05, 3.63) is 0 Å². The molecule has 0 aliphatic rings. The molecular weight excluding hydrogens is 297 g/mol. The zero-order valence-electron chi connectivity index (χ0n) is 13.0. The summed E-state index contributed by atoms with van der Waals surface area (Å²) in [5.74, 6) is -0.168. The number of nitrogens with two attached hydrogens (primary N) is 1. The first kappa shape index (κ1) is 24.1. The monoisotopic (exact) mass is 331 g/mol. The Kier molecular flexibility index (Phi) is 18.1. The van der Waals surface area contributed by atoms with Gasteiger partial charge < -0.3 is 5.73 Å². The van der Waals surface area contributed by atoms with Crippen molar-refractivity contribution in [1.82, 2.24) is 0 Å². The number of rotatable bonds is 14. The average molecular weight is 331 g/mol. The summed E-state index contributed by atoms with van der Waals surface area (Å²) in [6, 6.07) is 0.0707. The molecule has 4 nitrogen and oxygen atoms in total. The SMILES string of the molecule is CCCCCCCCCCCC(N)CCCS(=O)(=O)O.[NaH]. The fraction of sp³-hybridized carbons (Fsp3) is 1.00. The summed E-state index contributed by atoms with van der Waals surface area (Å²) in [6.07, 6.45) is 13.8. The predicted octanol–water partition coefficient (Wildman–Crippen LogP) is 3.25. The van der Waals surface area contributed by atoms with E-state index in [0.29, 0.717) is 12.8 Å². The van der Waals surface area contributed by atoms with Gasteiger partial charge in [0.1, 0.15) is 0 Å². The number of unbranched alkanes of at least 4 members (excludes halogenated alkanes) is 8. The van der Waals surface area contributed by atoms with Crippen molar-refractivity contribution in [3.8, 4) is 0 Å². The summed E-state index contributed by atoms with van der Waals surface area (Å²) >= 11 is 0. The van der Waals surface area contributed by atoms with E-state index in [1.807, 2.05) is 0 Å². The molecule has 6 heteroatoms. The van der Waals surface area contributed by atoms with E-state index >= 15 is 0 Å². The molecule has 0 aliphatic carbocycles. The summed E-state index contributed by atoms with van der Waals surface area (Å²) < 4.78 is 29.7. The van der Waals surface area contributed by atoms with Crippen molar-refractivity contribution in [1.29, 1.82) is 0 Å². The van der Waals surface area contributed by atoms with Crippen LogP contribution >= 0.6 is 0 Å². The van der Waals surface area contributed by atoms with Crippen LogP contribution in [0.15, 0.2) is 0 Å². The maximum atomic E-state index is 10.6. The second-order valence-corrected chi connectivity index (χ2v) is 7.38. The first-order valence-electron chi connectivity index (χ1n) is 8.16. The third-order valence-electron chi connectivity index (χ3n) is 3.66. The zero-order valence-corrected chi connectivity index (χ0v) is 13.8. The van der Waals surface area contributed by atoms with Crippen LogP contribution in [0.25, 0.3) is 0 Å². The molecule has 0 spiro atoms. The topological polar surface area (TPSA) is 80.4 Å². The van der Waals surface area contributed by atoms with Crippen molar-refractivity contribution < 1.29 is 13.0 Å².